The van der Waals surface area contributed by atoms with Crippen LogP contribution in [-0.2, 0) is 14.0 Å². The molecule has 0 aromatic carbocycles. The Morgan fingerprint density at radius 2 is 2.00 bits per heavy atom. The molecule has 0 saturated carbocycles. The summed E-state index contributed by atoms with van der Waals surface area (Å²) in [5.41, 5.74) is 0. The average Bonchev–Trinajstić information content (AvgIpc) is 2.08. The second-order valence-electron chi connectivity index (χ2n) is 1.80. The molecule has 1 fully saturated rings. The van der Waals surface area contributed by atoms with Crippen LogP contribution >= 0.6 is 10.7 Å². The molecule has 1 aliphatic heterocycles. The molecule has 0 unspecified atom stereocenters. The molecule has 3 amide bonds. The molecule has 62 valence electrons. The molecule has 0 spiro atoms. The molecule has 1 rings (SSSR count). The van der Waals surface area contributed by atoms with E-state index >= 15 is 0 Å². The molecule has 0 radical (unpaired) electrons. The quantitative estimate of drug-likeness (QED) is 0.434. The van der Waals surface area contributed by atoms with Gasteiger partial charge >= 0.3 is 15.3 Å². The Kier molecular flexibility index (Phi) is 1.77. The zero-order chi connectivity index (χ0) is 8.65. The molecule has 6 nitrogen and oxygen atoms in total. The number of urea groups is 1. The van der Waals surface area contributed by atoms with Gasteiger partial charge < -0.3 is 0 Å². The Balaban J connectivity index is 2.94. The van der Waals surface area contributed by atoms with Gasteiger partial charge in [0.15, 0.2) is 0 Å². The number of imide groups is 1. The maximum atomic E-state index is 10.6. The third-order valence-corrected chi connectivity index (χ3v) is 2.34. The number of amides is 3. The number of hydrogen-bond acceptors (Lipinski definition) is 4. The molecule has 1 N–H and O–H groups in total. The van der Waals surface area contributed by atoms with Crippen LogP contribution in [0.3, 0.4) is 0 Å². The number of carbonyl (C=O) groups excluding carboxylic acids is 2. The minimum atomic E-state index is -4.11. The summed E-state index contributed by atoms with van der Waals surface area (Å²) in [4.78, 5) is 21.0. The molecule has 1 heterocycles. The van der Waals surface area contributed by atoms with Crippen LogP contribution in [0, 0.1) is 0 Å². The number of nitrogens with one attached hydrogen (secondary N) is 1. The minimum Gasteiger partial charge on any atom is -0.275 e. The van der Waals surface area contributed by atoms with E-state index in [9.17, 15) is 18.0 Å². The van der Waals surface area contributed by atoms with Crippen LogP contribution in [-0.4, -0.2) is 31.2 Å². The summed E-state index contributed by atoms with van der Waals surface area (Å²) >= 11 is 0. The summed E-state index contributed by atoms with van der Waals surface area (Å²) in [7, 11) is 0.673. The van der Waals surface area contributed by atoms with Crippen LogP contribution in [0.2, 0.25) is 0 Å². The molecule has 0 bridgehead atoms. The van der Waals surface area contributed by atoms with Crippen molar-refractivity contribution in [3.8, 4) is 0 Å². The predicted octanol–water partition coefficient (Wildman–Crippen LogP) is -0.978. The van der Waals surface area contributed by atoms with Gasteiger partial charge in [0.2, 0.25) is 5.91 Å². The first kappa shape index (κ1) is 8.28. The molecule has 0 aromatic heterocycles. The first-order chi connectivity index (χ1) is 4.91. The van der Waals surface area contributed by atoms with Crippen molar-refractivity contribution in [2.45, 2.75) is 0 Å². The summed E-state index contributed by atoms with van der Waals surface area (Å²) in [5, 5.41) is 1.76. The van der Waals surface area contributed by atoms with Gasteiger partial charge in [-0.25, -0.2) is 4.79 Å². The molecule has 0 aliphatic carbocycles. The molecule has 8 heteroatoms. The number of rotatable bonds is 1. The average molecular weight is 199 g/mol. The molecule has 11 heavy (non-hydrogen) atoms. The van der Waals surface area contributed by atoms with E-state index in [1.165, 1.54) is 0 Å². The SMILES string of the molecule is O=C1CN(S(=O)(=O)Cl)C(=O)N1. The van der Waals surface area contributed by atoms with E-state index in [4.69, 9.17) is 10.7 Å². The molecular formula is C3H3ClN2O4S. The zero-order valence-corrected chi connectivity index (χ0v) is 6.65. The second-order valence-corrected chi connectivity index (χ2v) is 4.24. The van der Waals surface area contributed by atoms with Crippen LogP contribution < -0.4 is 5.32 Å². The van der Waals surface area contributed by atoms with Gasteiger partial charge in [-0.1, -0.05) is 0 Å². The summed E-state index contributed by atoms with van der Waals surface area (Å²) in [6, 6.07) is -1.01. The lowest BCUT2D eigenvalue weighted by Gasteiger charge is -2.05. The summed E-state index contributed by atoms with van der Waals surface area (Å²) in [6.45, 7) is -0.537. The van der Waals surface area contributed by atoms with Crippen molar-refractivity contribution >= 4 is 31.9 Å². The van der Waals surface area contributed by atoms with Crippen molar-refractivity contribution in [1.82, 2.24) is 9.62 Å². The Morgan fingerprint density at radius 3 is 2.18 bits per heavy atom. The highest BCUT2D eigenvalue weighted by Crippen LogP contribution is 2.09. The number of hydrogen-bond donors (Lipinski definition) is 1. The Morgan fingerprint density at radius 1 is 1.45 bits per heavy atom. The fraction of sp³-hybridized carbons (Fsp3) is 0.333. The van der Waals surface area contributed by atoms with E-state index in [0.717, 1.165) is 0 Å². The van der Waals surface area contributed by atoms with Gasteiger partial charge in [-0.05, 0) is 0 Å². The lowest BCUT2D eigenvalue weighted by molar-refractivity contribution is -0.118. The maximum Gasteiger partial charge on any atom is 0.339 e. The Bertz CT molecular complexity index is 309. The van der Waals surface area contributed by atoms with Crippen molar-refractivity contribution in [2.75, 3.05) is 6.54 Å². The van der Waals surface area contributed by atoms with Crippen molar-refractivity contribution in [1.29, 1.82) is 0 Å². The molecule has 0 aromatic rings. The fourth-order valence-electron chi connectivity index (χ4n) is 0.600. The molecule has 1 aliphatic rings. The third-order valence-electron chi connectivity index (χ3n) is 1.02. The zero-order valence-electron chi connectivity index (χ0n) is 5.07. The molecule has 1 saturated heterocycles. The lowest BCUT2D eigenvalue weighted by Crippen LogP contribution is -2.30. The third kappa shape index (κ3) is 1.60. The lowest BCUT2D eigenvalue weighted by atomic mass is 10.7. The van der Waals surface area contributed by atoms with E-state index in [1.54, 1.807) is 5.32 Å². The highest BCUT2D eigenvalue weighted by molar-refractivity contribution is 8.12. The standard InChI is InChI=1S/C3H3ClN2O4S/c4-11(9,10)6-1-2(7)5-3(6)8/h1H2,(H,5,7,8). The first-order valence-corrected chi connectivity index (χ1v) is 4.74. The monoisotopic (exact) mass is 198 g/mol. The predicted molar refractivity (Wildman–Crippen MR) is 35.0 cm³/mol. The number of carbonyl (C=O) groups is 2. The highest BCUT2D eigenvalue weighted by atomic mass is 35.7. The summed E-state index contributed by atoms with van der Waals surface area (Å²) < 4.78 is 21.2. The molecule has 0 atom stereocenters. The Labute approximate surface area is 66.7 Å². The van der Waals surface area contributed by atoms with Gasteiger partial charge in [0.25, 0.3) is 0 Å². The van der Waals surface area contributed by atoms with Gasteiger partial charge in [-0.3, -0.25) is 10.1 Å². The summed E-state index contributed by atoms with van der Waals surface area (Å²) in [5.74, 6) is -0.681. The van der Waals surface area contributed by atoms with Crippen molar-refractivity contribution in [2.24, 2.45) is 0 Å². The van der Waals surface area contributed by atoms with E-state index < -0.39 is 27.7 Å². The van der Waals surface area contributed by atoms with Gasteiger partial charge in [0, 0.05) is 10.7 Å². The van der Waals surface area contributed by atoms with E-state index in [0.29, 0.717) is 0 Å². The maximum absolute atomic E-state index is 10.6. The summed E-state index contributed by atoms with van der Waals surface area (Å²) in [6.07, 6.45) is 0. The smallest absolute Gasteiger partial charge is 0.275 e. The van der Waals surface area contributed by atoms with Crippen molar-refractivity contribution < 1.29 is 18.0 Å². The van der Waals surface area contributed by atoms with E-state index in [2.05, 4.69) is 0 Å². The van der Waals surface area contributed by atoms with Gasteiger partial charge in [-0.15, -0.1) is 0 Å². The van der Waals surface area contributed by atoms with Gasteiger partial charge in [0.1, 0.15) is 6.54 Å². The van der Waals surface area contributed by atoms with Crippen LogP contribution in [0.4, 0.5) is 4.79 Å². The minimum absolute atomic E-state index is 0.247. The van der Waals surface area contributed by atoms with Crippen molar-refractivity contribution in [3.05, 3.63) is 0 Å². The topological polar surface area (TPSA) is 83.6 Å². The highest BCUT2D eigenvalue weighted by Gasteiger charge is 2.34. The van der Waals surface area contributed by atoms with Crippen molar-refractivity contribution in [3.63, 3.8) is 0 Å². The normalized spacial score (nSPS) is 18.8. The second kappa shape index (κ2) is 2.35. The first-order valence-electron chi connectivity index (χ1n) is 2.47. The van der Waals surface area contributed by atoms with Crippen LogP contribution in [0.15, 0.2) is 0 Å². The van der Waals surface area contributed by atoms with E-state index in [-0.39, 0.29) is 4.31 Å². The Hall–Kier alpha value is -0.820. The largest absolute Gasteiger partial charge is 0.339 e. The van der Waals surface area contributed by atoms with Crippen LogP contribution in [0.25, 0.3) is 0 Å². The number of halogens is 1. The molecular weight excluding hydrogens is 196 g/mol. The van der Waals surface area contributed by atoms with Gasteiger partial charge in [0.05, 0.1) is 0 Å². The number of nitrogens with zero attached hydrogens (tertiary/aromatic N) is 1. The van der Waals surface area contributed by atoms with Crippen LogP contribution in [0.1, 0.15) is 0 Å². The van der Waals surface area contributed by atoms with Gasteiger partial charge in [-0.2, -0.15) is 12.7 Å². The van der Waals surface area contributed by atoms with E-state index in [1.807, 2.05) is 0 Å². The fourth-order valence-corrected chi connectivity index (χ4v) is 1.45. The van der Waals surface area contributed by atoms with Crippen LogP contribution in [0.5, 0.6) is 0 Å².